The van der Waals surface area contributed by atoms with E-state index in [1.54, 1.807) is 28.6 Å². The molecule has 0 radical (unpaired) electrons. The Bertz CT molecular complexity index is 1530. The Hall–Kier alpha value is -2.95. The number of fused-ring (bicyclic) bond motifs is 3. The van der Waals surface area contributed by atoms with E-state index in [0.717, 1.165) is 47.8 Å². The summed E-state index contributed by atoms with van der Waals surface area (Å²) in [6.07, 6.45) is 4.50. The second-order valence-corrected chi connectivity index (χ2v) is 12.5. The molecule has 1 N–H and O–H groups in total. The maximum atomic E-state index is 13.2. The highest BCUT2D eigenvalue weighted by Gasteiger charge is 2.26. The Morgan fingerprint density at radius 1 is 1.03 bits per heavy atom. The largest absolute Gasteiger partial charge is 0.325 e. The van der Waals surface area contributed by atoms with Crippen molar-refractivity contribution in [3.05, 3.63) is 60.2 Å². The molecule has 2 aromatic carbocycles. The van der Waals surface area contributed by atoms with Gasteiger partial charge in [0.05, 0.1) is 15.7 Å². The molecule has 5 rings (SSSR count). The molecule has 194 valence electrons. The van der Waals surface area contributed by atoms with E-state index in [-0.39, 0.29) is 10.8 Å². The van der Waals surface area contributed by atoms with Gasteiger partial charge in [-0.3, -0.25) is 9.20 Å². The second-order valence-electron chi connectivity index (χ2n) is 9.37. The monoisotopic (exact) mass is 537 g/mol. The van der Waals surface area contributed by atoms with E-state index < -0.39 is 15.3 Å². The predicted octanol–water partition coefficient (Wildman–Crippen LogP) is 5.27. The second kappa shape index (κ2) is 10.8. The number of aromatic nitrogens is 3. The zero-order chi connectivity index (χ0) is 26.0. The number of pyridine rings is 1. The molecule has 1 amide bonds. The molecule has 1 aliphatic heterocycles. The fourth-order valence-electron chi connectivity index (χ4n) is 4.76. The molecule has 2 aromatic heterocycles. The molecule has 1 fully saturated rings. The third-order valence-corrected chi connectivity index (χ3v) is 10.0. The van der Waals surface area contributed by atoms with E-state index in [2.05, 4.69) is 28.5 Å². The molecule has 0 spiro atoms. The number of rotatable bonds is 7. The van der Waals surface area contributed by atoms with Gasteiger partial charge >= 0.3 is 0 Å². The van der Waals surface area contributed by atoms with Crippen molar-refractivity contribution in [3.8, 4) is 0 Å². The Morgan fingerprint density at radius 3 is 2.43 bits per heavy atom. The van der Waals surface area contributed by atoms with E-state index in [4.69, 9.17) is 0 Å². The summed E-state index contributed by atoms with van der Waals surface area (Å²) in [4.78, 5) is 13.4. The minimum atomic E-state index is -3.53. The molecule has 0 saturated carbocycles. The van der Waals surface area contributed by atoms with Crippen LogP contribution in [0.2, 0.25) is 0 Å². The lowest BCUT2D eigenvalue weighted by Gasteiger charge is -2.20. The number of carbonyl (C=O) groups excluding carboxylic acids is 1. The molecule has 1 saturated heterocycles. The van der Waals surface area contributed by atoms with Crippen LogP contribution in [-0.2, 0) is 14.8 Å². The van der Waals surface area contributed by atoms with Crippen molar-refractivity contribution in [1.82, 2.24) is 18.9 Å². The molecule has 8 nitrogen and oxygen atoms in total. The first kappa shape index (κ1) is 25.7. The van der Waals surface area contributed by atoms with E-state index in [0.29, 0.717) is 30.4 Å². The van der Waals surface area contributed by atoms with Crippen molar-refractivity contribution in [3.63, 3.8) is 0 Å². The van der Waals surface area contributed by atoms with Crippen LogP contribution in [0.5, 0.6) is 0 Å². The Morgan fingerprint density at radius 2 is 1.73 bits per heavy atom. The number of benzene rings is 2. The zero-order valence-electron chi connectivity index (χ0n) is 21.1. The highest BCUT2D eigenvalue weighted by Crippen LogP contribution is 2.30. The highest BCUT2D eigenvalue weighted by molar-refractivity contribution is 8.00. The van der Waals surface area contributed by atoms with Crippen LogP contribution in [0.3, 0.4) is 0 Å². The molecule has 0 bridgehead atoms. The van der Waals surface area contributed by atoms with Gasteiger partial charge in [0.2, 0.25) is 15.9 Å². The average Bonchev–Trinajstić information content (AvgIpc) is 3.10. The number of hydrogen-bond donors (Lipinski definition) is 1. The molecule has 1 atom stereocenters. The van der Waals surface area contributed by atoms with Crippen molar-refractivity contribution >= 4 is 49.9 Å². The van der Waals surface area contributed by atoms with Crippen LogP contribution in [0.1, 0.15) is 44.6 Å². The smallest absolute Gasteiger partial charge is 0.243 e. The minimum Gasteiger partial charge on any atom is -0.325 e. The first-order valence-electron chi connectivity index (χ1n) is 12.7. The summed E-state index contributed by atoms with van der Waals surface area (Å²) in [7, 11) is -3.53. The number of para-hydroxylation sites is 1. The van der Waals surface area contributed by atoms with E-state index >= 15 is 0 Å². The number of carbonyl (C=O) groups is 1. The summed E-state index contributed by atoms with van der Waals surface area (Å²) < 4.78 is 29.7. The van der Waals surface area contributed by atoms with Crippen LogP contribution in [0.4, 0.5) is 5.69 Å². The number of aryl methyl sites for hydroxylation is 1. The van der Waals surface area contributed by atoms with Crippen molar-refractivity contribution in [2.75, 3.05) is 18.4 Å². The first-order valence-corrected chi connectivity index (χ1v) is 15.0. The summed E-state index contributed by atoms with van der Waals surface area (Å²) >= 11 is 1.38. The third-order valence-electron chi connectivity index (χ3n) is 6.81. The SMILES string of the molecule is CCC(Sc1nnc2cc(C)c3ccccc3n12)C(=O)Nc1ccc(S(=O)(=O)N2CCCCCC2)cc1. The molecule has 0 aliphatic carbocycles. The molecular formula is C27H31N5O3S2. The van der Waals surface area contributed by atoms with Crippen molar-refractivity contribution in [2.45, 2.75) is 61.3 Å². The summed E-state index contributed by atoms with van der Waals surface area (Å²) in [5.74, 6) is -0.163. The number of nitrogens with one attached hydrogen (secondary N) is 1. The number of nitrogens with zero attached hydrogens (tertiary/aromatic N) is 4. The van der Waals surface area contributed by atoms with Gasteiger partial charge in [-0.05, 0) is 68.1 Å². The maximum Gasteiger partial charge on any atom is 0.243 e. The molecule has 3 heterocycles. The predicted molar refractivity (Wildman–Crippen MR) is 147 cm³/mol. The van der Waals surface area contributed by atoms with Gasteiger partial charge in [0.1, 0.15) is 0 Å². The summed E-state index contributed by atoms with van der Waals surface area (Å²) in [6, 6.07) is 16.5. The summed E-state index contributed by atoms with van der Waals surface area (Å²) in [5.41, 5.74) is 3.43. The van der Waals surface area contributed by atoms with Crippen molar-refractivity contribution in [1.29, 1.82) is 0 Å². The van der Waals surface area contributed by atoms with Crippen LogP contribution in [0.25, 0.3) is 16.6 Å². The Balaban J connectivity index is 1.32. The zero-order valence-corrected chi connectivity index (χ0v) is 22.7. The summed E-state index contributed by atoms with van der Waals surface area (Å²) in [6.45, 7) is 5.13. The first-order chi connectivity index (χ1) is 17.9. The van der Waals surface area contributed by atoms with E-state index in [9.17, 15) is 13.2 Å². The molecular weight excluding hydrogens is 506 g/mol. The fourth-order valence-corrected chi connectivity index (χ4v) is 7.25. The quantitative estimate of drug-likeness (QED) is 0.323. The molecule has 1 unspecified atom stereocenters. The Labute approximate surface area is 221 Å². The Kier molecular flexibility index (Phi) is 7.50. The van der Waals surface area contributed by atoms with Gasteiger partial charge < -0.3 is 5.32 Å². The van der Waals surface area contributed by atoms with Gasteiger partial charge in [-0.1, -0.05) is 49.7 Å². The van der Waals surface area contributed by atoms with Gasteiger partial charge in [-0.15, -0.1) is 10.2 Å². The lowest BCUT2D eigenvalue weighted by atomic mass is 10.1. The molecule has 37 heavy (non-hydrogen) atoms. The molecule has 10 heteroatoms. The number of thioether (sulfide) groups is 1. The van der Waals surface area contributed by atoms with E-state index in [1.165, 1.54) is 11.8 Å². The molecule has 4 aromatic rings. The van der Waals surface area contributed by atoms with Crippen molar-refractivity contribution < 1.29 is 13.2 Å². The van der Waals surface area contributed by atoms with Crippen LogP contribution in [0.15, 0.2) is 64.6 Å². The average molecular weight is 538 g/mol. The number of sulfonamides is 1. The number of anilines is 1. The van der Waals surface area contributed by atoms with Crippen LogP contribution >= 0.6 is 11.8 Å². The maximum absolute atomic E-state index is 13.2. The van der Waals surface area contributed by atoms with Crippen LogP contribution < -0.4 is 5.32 Å². The minimum absolute atomic E-state index is 0.163. The third kappa shape index (κ3) is 5.23. The highest BCUT2D eigenvalue weighted by atomic mass is 32.2. The normalized spacial score (nSPS) is 16.1. The van der Waals surface area contributed by atoms with Crippen LogP contribution in [-0.4, -0.2) is 51.6 Å². The van der Waals surface area contributed by atoms with Gasteiger partial charge in [-0.2, -0.15) is 4.31 Å². The molecule has 1 aliphatic rings. The topological polar surface area (TPSA) is 96.7 Å². The van der Waals surface area contributed by atoms with Gasteiger partial charge in [0.15, 0.2) is 10.8 Å². The number of hydrogen-bond acceptors (Lipinski definition) is 6. The number of amides is 1. The lowest BCUT2D eigenvalue weighted by Crippen LogP contribution is -2.31. The van der Waals surface area contributed by atoms with Gasteiger partial charge in [-0.25, -0.2) is 8.42 Å². The fraction of sp³-hybridized carbons (Fsp3) is 0.370. The van der Waals surface area contributed by atoms with Gasteiger partial charge in [0, 0.05) is 24.2 Å². The van der Waals surface area contributed by atoms with E-state index in [1.807, 2.05) is 35.6 Å². The van der Waals surface area contributed by atoms with Crippen molar-refractivity contribution in [2.24, 2.45) is 0 Å². The lowest BCUT2D eigenvalue weighted by molar-refractivity contribution is -0.115. The van der Waals surface area contributed by atoms with Crippen LogP contribution in [0, 0.1) is 6.92 Å². The van der Waals surface area contributed by atoms with Gasteiger partial charge in [0.25, 0.3) is 0 Å². The summed E-state index contributed by atoms with van der Waals surface area (Å²) in [5, 5.41) is 13.0. The standard InChI is InChI=1S/C27H31N5O3S2/c1-3-24(36-27-30-29-25-18-19(2)22-10-6-7-11-23(22)32(25)27)26(33)28-20-12-14-21(15-13-20)37(34,35)31-16-8-4-5-9-17-31/h6-7,10-15,18,24H,3-5,8-9,16-17H2,1-2H3,(H,28,33).